The van der Waals surface area contributed by atoms with Crippen LogP contribution in [0.1, 0.15) is 5.56 Å². The highest BCUT2D eigenvalue weighted by Gasteiger charge is 2.08. The lowest BCUT2D eigenvalue weighted by molar-refractivity contribution is 0.412. The molecule has 0 amide bonds. The maximum absolute atomic E-state index is 13.5. The maximum atomic E-state index is 13.5. The highest BCUT2D eigenvalue weighted by atomic mass is 19.1. The molecule has 0 atom stereocenters. The van der Waals surface area contributed by atoms with Gasteiger partial charge in [-0.1, -0.05) is 6.07 Å². The fraction of sp³-hybridized carbons (Fsp3) is 0.143. The van der Waals surface area contributed by atoms with Gasteiger partial charge in [0.1, 0.15) is 23.1 Å². The molecule has 0 fully saturated rings. The van der Waals surface area contributed by atoms with E-state index in [4.69, 9.17) is 15.2 Å². The summed E-state index contributed by atoms with van der Waals surface area (Å²) in [5.41, 5.74) is 5.88. The SMILES string of the molecule is COc1ccc(Oc2cccc(F)c2CN)cc1. The van der Waals surface area contributed by atoms with E-state index in [1.165, 1.54) is 6.07 Å². The van der Waals surface area contributed by atoms with Crippen LogP contribution in [-0.4, -0.2) is 7.11 Å². The molecule has 0 saturated heterocycles. The third-order valence-corrected chi connectivity index (χ3v) is 2.57. The fourth-order valence-corrected chi connectivity index (χ4v) is 1.60. The Morgan fingerprint density at radius 1 is 1.06 bits per heavy atom. The minimum absolute atomic E-state index is 0.0954. The van der Waals surface area contributed by atoms with E-state index in [0.29, 0.717) is 17.1 Å². The number of ether oxygens (including phenoxy) is 2. The number of rotatable bonds is 4. The molecule has 3 nitrogen and oxygen atoms in total. The number of hydrogen-bond acceptors (Lipinski definition) is 3. The largest absolute Gasteiger partial charge is 0.497 e. The van der Waals surface area contributed by atoms with Gasteiger partial charge in [0.2, 0.25) is 0 Å². The molecule has 2 rings (SSSR count). The molecule has 0 aliphatic heterocycles. The van der Waals surface area contributed by atoms with Crippen LogP contribution in [0.3, 0.4) is 0 Å². The van der Waals surface area contributed by atoms with E-state index in [9.17, 15) is 4.39 Å². The van der Waals surface area contributed by atoms with Crippen molar-refractivity contribution in [2.24, 2.45) is 5.73 Å². The molecule has 0 aromatic heterocycles. The number of nitrogens with two attached hydrogens (primary N) is 1. The van der Waals surface area contributed by atoms with Gasteiger partial charge in [0.25, 0.3) is 0 Å². The molecule has 2 aromatic carbocycles. The van der Waals surface area contributed by atoms with E-state index in [-0.39, 0.29) is 12.4 Å². The molecule has 0 heterocycles. The van der Waals surface area contributed by atoms with Gasteiger partial charge in [-0.3, -0.25) is 0 Å². The van der Waals surface area contributed by atoms with Gasteiger partial charge in [-0.25, -0.2) is 4.39 Å². The van der Waals surface area contributed by atoms with Crippen molar-refractivity contribution in [2.45, 2.75) is 6.54 Å². The van der Waals surface area contributed by atoms with Gasteiger partial charge in [0, 0.05) is 12.1 Å². The lowest BCUT2D eigenvalue weighted by Crippen LogP contribution is -2.02. The second-order valence-electron chi connectivity index (χ2n) is 3.70. The molecule has 18 heavy (non-hydrogen) atoms. The van der Waals surface area contributed by atoms with Gasteiger partial charge in [-0.2, -0.15) is 0 Å². The van der Waals surface area contributed by atoms with Gasteiger partial charge in [-0.05, 0) is 36.4 Å². The normalized spacial score (nSPS) is 10.2. The first-order chi connectivity index (χ1) is 8.74. The van der Waals surface area contributed by atoms with Crippen molar-refractivity contribution in [3.8, 4) is 17.2 Å². The summed E-state index contributed by atoms with van der Waals surface area (Å²) in [5, 5.41) is 0. The zero-order valence-corrected chi connectivity index (χ0v) is 10.0. The monoisotopic (exact) mass is 247 g/mol. The molecule has 2 N–H and O–H groups in total. The quantitative estimate of drug-likeness (QED) is 0.903. The predicted octanol–water partition coefficient (Wildman–Crippen LogP) is 3.09. The molecule has 0 radical (unpaired) electrons. The number of hydrogen-bond donors (Lipinski definition) is 1. The second kappa shape index (κ2) is 5.51. The van der Waals surface area contributed by atoms with Gasteiger partial charge in [0.15, 0.2) is 0 Å². The standard InChI is InChI=1S/C14H14FNO2/c1-17-10-5-7-11(8-6-10)18-14-4-2-3-13(15)12(14)9-16/h2-8H,9,16H2,1H3. The molecule has 2 aromatic rings. The molecule has 0 aliphatic rings. The van der Waals surface area contributed by atoms with E-state index in [1.54, 1.807) is 43.5 Å². The van der Waals surface area contributed by atoms with Crippen LogP contribution in [0.5, 0.6) is 17.2 Å². The van der Waals surface area contributed by atoms with E-state index in [1.807, 2.05) is 0 Å². The molecule has 0 spiro atoms. The van der Waals surface area contributed by atoms with Gasteiger partial charge < -0.3 is 15.2 Å². The van der Waals surface area contributed by atoms with Crippen LogP contribution in [0.15, 0.2) is 42.5 Å². The first kappa shape index (κ1) is 12.4. The lowest BCUT2D eigenvalue weighted by atomic mass is 10.2. The molecule has 94 valence electrons. The topological polar surface area (TPSA) is 44.5 Å². The van der Waals surface area contributed by atoms with Crippen molar-refractivity contribution in [3.05, 3.63) is 53.8 Å². The van der Waals surface area contributed by atoms with Gasteiger partial charge >= 0.3 is 0 Å². The van der Waals surface area contributed by atoms with Crippen molar-refractivity contribution in [3.63, 3.8) is 0 Å². The number of halogens is 1. The number of benzene rings is 2. The Hall–Kier alpha value is -2.07. The minimum Gasteiger partial charge on any atom is -0.497 e. The summed E-state index contributed by atoms with van der Waals surface area (Å²) in [7, 11) is 1.59. The molecule has 4 heteroatoms. The summed E-state index contributed by atoms with van der Waals surface area (Å²) in [6.45, 7) is 0.0954. The van der Waals surface area contributed by atoms with Crippen LogP contribution in [0.25, 0.3) is 0 Å². The van der Waals surface area contributed by atoms with Gasteiger partial charge in [0.05, 0.1) is 7.11 Å². The molecular weight excluding hydrogens is 233 g/mol. The number of methoxy groups -OCH3 is 1. The van der Waals surface area contributed by atoms with Crippen molar-refractivity contribution in [2.75, 3.05) is 7.11 Å². The van der Waals surface area contributed by atoms with Crippen LogP contribution in [0.4, 0.5) is 4.39 Å². The predicted molar refractivity (Wildman–Crippen MR) is 67.4 cm³/mol. The summed E-state index contributed by atoms with van der Waals surface area (Å²) < 4.78 is 24.1. The van der Waals surface area contributed by atoms with Crippen LogP contribution in [0, 0.1) is 5.82 Å². The molecule has 0 saturated carbocycles. The van der Waals surface area contributed by atoms with Crippen LogP contribution >= 0.6 is 0 Å². The van der Waals surface area contributed by atoms with Crippen LogP contribution in [0.2, 0.25) is 0 Å². The average Bonchev–Trinajstić information content (AvgIpc) is 2.40. The lowest BCUT2D eigenvalue weighted by Gasteiger charge is -2.11. The Bertz CT molecular complexity index is 526. The third kappa shape index (κ3) is 2.60. The first-order valence-corrected chi connectivity index (χ1v) is 5.54. The summed E-state index contributed by atoms with van der Waals surface area (Å²) >= 11 is 0. The van der Waals surface area contributed by atoms with E-state index < -0.39 is 0 Å². The highest BCUT2D eigenvalue weighted by Crippen LogP contribution is 2.28. The Balaban J connectivity index is 2.25. The smallest absolute Gasteiger partial charge is 0.134 e. The second-order valence-corrected chi connectivity index (χ2v) is 3.70. The molecule has 0 bridgehead atoms. The summed E-state index contributed by atoms with van der Waals surface area (Å²) in [6.07, 6.45) is 0. The zero-order valence-electron chi connectivity index (χ0n) is 10.0. The van der Waals surface area contributed by atoms with Crippen molar-refractivity contribution < 1.29 is 13.9 Å². The molecule has 0 aliphatic carbocycles. The Morgan fingerprint density at radius 2 is 1.72 bits per heavy atom. The maximum Gasteiger partial charge on any atom is 0.134 e. The van der Waals surface area contributed by atoms with Crippen molar-refractivity contribution in [1.82, 2.24) is 0 Å². The van der Waals surface area contributed by atoms with Crippen molar-refractivity contribution in [1.29, 1.82) is 0 Å². The first-order valence-electron chi connectivity index (χ1n) is 5.54. The summed E-state index contributed by atoms with van der Waals surface area (Å²) in [5.74, 6) is 1.42. The average molecular weight is 247 g/mol. The van der Waals surface area contributed by atoms with E-state index >= 15 is 0 Å². The fourth-order valence-electron chi connectivity index (χ4n) is 1.60. The Labute approximate surface area is 105 Å². The van der Waals surface area contributed by atoms with Crippen molar-refractivity contribution >= 4 is 0 Å². The molecular formula is C14H14FNO2. The molecule has 0 unspecified atom stereocenters. The summed E-state index contributed by atoms with van der Waals surface area (Å²) in [4.78, 5) is 0. The van der Waals surface area contributed by atoms with E-state index in [2.05, 4.69) is 0 Å². The Morgan fingerprint density at radius 3 is 2.33 bits per heavy atom. The van der Waals surface area contributed by atoms with Crippen LogP contribution in [-0.2, 0) is 6.54 Å². The van der Waals surface area contributed by atoms with Gasteiger partial charge in [-0.15, -0.1) is 0 Å². The summed E-state index contributed by atoms with van der Waals surface area (Å²) in [6, 6.07) is 11.7. The van der Waals surface area contributed by atoms with E-state index in [0.717, 1.165) is 5.75 Å². The Kier molecular flexibility index (Phi) is 3.79. The van der Waals surface area contributed by atoms with Crippen LogP contribution < -0.4 is 15.2 Å². The zero-order chi connectivity index (χ0) is 13.0. The minimum atomic E-state index is -0.358. The highest BCUT2D eigenvalue weighted by molar-refractivity contribution is 5.40. The third-order valence-electron chi connectivity index (χ3n) is 2.57.